The summed E-state index contributed by atoms with van der Waals surface area (Å²) in [4.78, 5) is 13.5. The van der Waals surface area contributed by atoms with E-state index >= 15 is 0 Å². The van der Waals surface area contributed by atoms with Gasteiger partial charge in [0.25, 0.3) is 0 Å². The van der Waals surface area contributed by atoms with Crippen LogP contribution in [0.4, 0.5) is 0 Å². The Hall–Kier alpha value is -1.33. The molecular formula is C13H16N4S. The van der Waals surface area contributed by atoms with Crippen molar-refractivity contribution in [3.8, 4) is 11.5 Å². The van der Waals surface area contributed by atoms with Gasteiger partial charge in [-0.05, 0) is 26.3 Å². The second kappa shape index (κ2) is 5.12. The Morgan fingerprint density at radius 1 is 1.33 bits per heavy atom. The number of aromatic nitrogens is 3. The number of nitrogens with one attached hydrogen (secondary N) is 1. The highest BCUT2D eigenvalue weighted by atomic mass is 32.1. The number of nitrogens with zero attached hydrogens (tertiary/aromatic N) is 3. The summed E-state index contributed by atoms with van der Waals surface area (Å²) in [6.45, 7) is 0. The van der Waals surface area contributed by atoms with Crippen molar-refractivity contribution in [3.05, 3.63) is 28.3 Å². The molecule has 0 spiro atoms. The fourth-order valence-electron chi connectivity index (χ4n) is 2.46. The number of aryl methyl sites for hydroxylation is 1. The van der Waals surface area contributed by atoms with Gasteiger partial charge in [0.1, 0.15) is 5.69 Å². The van der Waals surface area contributed by atoms with E-state index in [9.17, 15) is 0 Å². The van der Waals surface area contributed by atoms with Crippen molar-refractivity contribution in [1.82, 2.24) is 20.3 Å². The highest BCUT2D eigenvalue weighted by Gasteiger charge is 2.19. The van der Waals surface area contributed by atoms with Crippen molar-refractivity contribution in [3.63, 3.8) is 0 Å². The molecule has 0 amide bonds. The van der Waals surface area contributed by atoms with E-state index in [0.717, 1.165) is 17.9 Å². The summed E-state index contributed by atoms with van der Waals surface area (Å²) < 4.78 is 0. The van der Waals surface area contributed by atoms with Crippen LogP contribution in [0.25, 0.3) is 11.5 Å². The summed E-state index contributed by atoms with van der Waals surface area (Å²) in [5, 5.41) is 5.35. The van der Waals surface area contributed by atoms with E-state index in [4.69, 9.17) is 4.98 Å². The smallest absolute Gasteiger partial charge is 0.179 e. The molecule has 0 aromatic carbocycles. The molecule has 0 bridgehead atoms. The van der Waals surface area contributed by atoms with Crippen LogP contribution in [0.15, 0.2) is 17.1 Å². The predicted molar refractivity (Wildman–Crippen MR) is 72.5 cm³/mol. The first kappa shape index (κ1) is 11.7. The van der Waals surface area contributed by atoms with Crippen LogP contribution in [0.2, 0.25) is 0 Å². The molecule has 3 rings (SSSR count). The fraction of sp³-hybridized carbons (Fsp3) is 0.462. The van der Waals surface area contributed by atoms with Crippen LogP contribution in [0.3, 0.4) is 0 Å². The Kier molecular flexibility index (Phi) is 3.34. The Morgan fingerprint density at radius 3 is 3.06 bits per heavy atom. The standard InChI is InChI=1S/C13H16N4S/c1-14-10-4-2-3-5-11-9(10)6-15-13(17-11)12-7-18-8-16-12/h6-8,10,14H,2-5H2,1H3. The van der Waals surface area contributed by atoms with Gasteiger partial charge in [-0.25, -0.2) is 15.0 Å². The average molecular weight is 260 g/mol. The number of fused-ring (bicyclic) bond motifs is 1. The summed E-state index contributed by atoms with van der Waals surface area (Å²) in [5.41, 5.74) is 5.15. The van der Waals surface area contributed by atoms with E-state index in [1.165, 1.54) is 30.5 Å². The van der Waals surface area contributed by atoms with Gasteiger partial charge < -0.3 is 5.32 Å². The quantitative estimate of drug-likeness (QED) is 0.843. The molecular weight excluding hydrogens is 244 g/mol. The molecule has 0 saturated carbocycles. The Labute approximate surface area is 111 Å². The van der Waals surface area contributed by atoms with Crippen LogP contribution in [-0.4, -0.2) is 22.0 Å². The number of hydrogen-bond acceptors (Lipinski definition) is 5. The average Bonchev–Trinajstić information content (AvgIpc) is 2.86. The molecule has 2 aromatic heterocycles. The molecule has 2 heterocycles. The van der Waals surface area contributed by atoms with Crippen LogP contribution in [0.5, 0.6) is 0 Å². The Morgan fingerprint density at radius 2 is 2.28 bits per heavy atom. The highest BCUT2D eigenvalue weighted by Crippen LogP contribution is 2.28. The van der Waals surface area contributed by atoms with Crippen molar-refractivity contribution in [2.75, 3.05) is 7.05 Å². The lowest BCUT2D eigenvalue weighted by Gasteiger charge is -2.15. The molecule has 2 aromatic rings. The maximum Gasteiger partial charge on any atom is 0.179 e. The number of hydrogen-bond donors (Lipinski definition) is 1. The molecule has 1 atom stereocenters. The van der Waals surface area contributed by atoms with Crippen molar-refractivity contribution in [2.24, 2.45) is 0 Å². The van der Waals surface area contributed by atoms with Gasteiger partial charge >= 0.3 is 0 Å². The summed E-state index contributed by atoms with van der Waals surface area (Å²) in [7, 11) is 2.01. The minimum atomic E-state index is 0.395. The van der Waals surface area contributed by atoms with Gasteiger partial charge in [0.15, 0.2) is 5.82 Å². The van der Waals surface area contributed by atoms with Gasteiger partial charge in [0.05, 0.1) is 5.51 Å². The Balaban J connectivity index is 2.01. The van der Waals surface area contributed by atoms with E-state index in [-0.39, 0.29) is 0 Å². The fourth-order valence-corrected chi connectivity index (χ4v) is 2.99. The summed E-state index contributed by atoms with van der Waals surface area (Å²) >= 11 is 1.58. The topological polar surface area (TPSA) is 50.7 Å². The molecule has 94 valence electrons. The van der Waals surface area contributed by atoms with Crippen LogP contribution in [0, 0.1) is 0 Å². The van der Waals surface area contributed by atoms with Crippen LogP contribution in [-0.2, 0) is 6.42 Å². The molecule has 18 heavy (non-hydrogen) atoms. The molecule has 1 aliphatic carbocycles. The second-order valence-corrected chi connectivity index (χ2v) is 5.28. The molecule has 1 N–H and O–H groups in total. The summed E-state index contributed by atoms with van der Waals surface area (Å²) in [5.74, 6) is 0.756. The van der Waals surface area contributed by atoms with Crippen molar-refractivity contribution in [2.45, 2.75) is 31.7 Å². The summed E-state index contributed by atoms with van der Waals surface area (Å²) in [6, 6.07) is 0.395. The van der Waals surface area contributed by atoms with Gasteiger partial charge in [-0.2, -0.15) is 0 Å². The van der Waals surface area contributed by atoms with Gasteiger partial charge in [-0.15, -0.1) is 11.3 Å². The minimum Gasteiger partial charge on any atom is -0.313 e. The third-order valence-electron chi connectivity index (χ3n) is 3.44. The zero-order chi connectivity index (χ0) is 12.4. The number of thiazole rings is 1. The van der Waals surface area contributed by atoms with Gasteiger partial charge in [-0.3, -0.25) is 0 Å². The maximum atomic E-state index is 4.71. The van der Waals surface area contributed by atoms with E-state index in [0.29, 0.717) is 6.04 Å². The molecule has 0 saturated heterocycles. The lowest BCUT2D eigenvalue weighted by Crippen LogP contribution is -2.17. The molecule has 1 unspecified atom stereocenters. The molecule has 1 aliphatic rings. The number of rotatable bonds is 2. The van der Waals surface area contributed by atoms with Gasteiger partial charge in [0.2, 0.25) is 0 Å². The first-order valence-electron chi connectivity index (χ1n) is 6.30. The van der Waals surface area contributed by atoms with Crippen molar-refractivity contribution < 1.29 is 0 Å². The van der Waals surface area contributed by atoms with E-state index in [2.05, 4.69) is 15.3 Å². The molecule has 4 nitrogen and oxygen atoms in total. The largest absolute Gasteiger partial charge is 0.313 e. The monoisotopic (exact) mass is 260 g/mol. The second-order valence-electron chi connectivity index (χ2n) is 4.56. The SMILES string of the molecule is CNC1CCCCc2nc(-c3cscn3)ncc21. The third-order valence-corrected chi connectivity index (χ3v) is 4.03. The zero-order valence-corrected chi connectivity index (χ0v) is 11.2. The molecule has 0 aliphatic heterocycles. The maximum absolute atomic E-state index is 4.71. The lowest BCUT2D eigenvalue weighted by atomic mass is 10.1. The van der Waals surface area contributed by atoms with Crippen LogP contribution in [0.1, 0.15) is 36.6 Å². The molecule has 0 radical (unpaired) electrons. The first-order valence-corrected chi connectivity index (χ1v) is 7.24. The first-order chi connectivity index (χ1) is 8.88. The third kappa shape index (κ3) is 2.15. The normalized spacial score (nSPS) is 19.3. The van der Waals surface area contributed by atoms with Crippen molar-refractivity contribution >= 4 is 11.3 Å². The van der Waals surface area contributed by atoms with Crippen LogP contribution >= 0.6 is 11.3 Å². The highest BCUT2D eigenvalue weighted by molar-refractivity contribution is 7.07. The Bertz CT molecular complexity index is 524. The molecule has 5 heteroatoms. The predicted octanol–water partition coefficient (Wildman–Crippen LogP) is 2.59. The summed E-state index contributed by atoms with van der Waals surface area (Å²) in [6.07, 6.45) is 6.65. The zero-order valence-electron chi connectivity index (χ0n) is 10.4. The lowest BCUT2D eigenvalue weighted by molar-refractivity contribution is 0.532. The van der Waals surface area contributed by atoms with E-state index in [1.807, 2.05) is 24.1 Å². The van der Waals surface area contributed by atoms with E-state index in [1.54, 1.807) is 11.3 Å². The van der Waals surface area contributed by atoms with Crippen LogP contribution < -0.4 is 5.32 Å². The van der Waals surface area contributed by atoms with Gasteiger partial charge in [-0.1, -0.05) is 6.42 Å². The van der Waals surface area contributed by atoms with E-state index < -0.39 is 0 Å². The van der Waals surface area contributed by atoms with Crippen molar-refractivity contribution in [1.29, 1.82) is 0 Å². The molecule has 0 fully saturated rings. The minimum absolute atomic E-state index is 0.395. The van der Waals surface area contributed by atoms with Gasteiger partial charge in [0, 0.05) is 28.9 Å².